The van der Waals surface area contributed by atoms with Crippen LogP contribution in [0.1, 0.15) is 17.5 Å². The van der Waals surface area contributed by atoms with Gasteiger partial charge in [-0.1, -0.05) is 36.4 Å². The Morgan fingerprint density at radius 3 is 2.73 bits per heavy atom. The van der Waals surface area contributed by atoms with Crippen LogP contribution in [0.15, 0.2) is 48.5 Å². The number of para-hydroxylation sites is 2. The number of hydrogen-bond donors (Lipinski definition) is 1. The number of aryl methyl sites for hydroxylation is 1. The molecule has 4 rings (SSSR count). The van der Waals surface area contributed by atoms with Gasteiger partial charge in [-0.3, -0.25) is 14.5 Å². The lowest BCUT2D eigenvalue weighted by atomic mass is 9.84. The minimum Gasteiger partial charge on any atom is -0.493 e. The average molecular weight is 410 g/mol. The molecule has 2 heterocycles. The second-order valence-electron chi connectivity index (χ2n) is 7.16. The van der Waals surface area contributed by atoms with E-state index in [9.17, 15) is 14.4 Å². The second-order valence-corrected chi connectivity index (χ2v) is 7.16. The van der Waals surface area contributed by atoms with Crippen LogP contribution in [0.4, 0.5) is 4.79 Å². The summed E-state index contributed by atoms with van der Waals surface area (Å²) in [5.41, 5.74) is 0.363. The van der Waals surface area contributed by atoms with Crippen LogP contribution in [-0.4, -0.2) is 49.2 Å². The minimum absolute atomic E-state index is 0.0125. The van der Waals surface area contributed by atoms with Crippen LogP contribution < -0.4 is 14.8 Å². The van der Waals surface area contributed by atoms with E-state index in [1.807, 2.05) is 31.2 Å². The van der Waals surface area contributed by atoms with Gasteiger partial charge in [-0.25, -0.2) is 4.79 Å². The maximum atomic E-state index is 13.1. The lowest BCUT2D eigenvalue weighted by Crippen LogP contribution is -2.47. The third-order valence-corrected chi connectivity index (χ3v) is 5.24. The van der Waals surface area contributed by atoms with E-state index in [0.717, 1.165) is 10.5 Å². The van der Waals surface area contributed by atoms with Crippen molar-refractivity contribution in [2.75, 3.05) is 26.4 Å². The van der Waals surface area contributed by atoms with Gasteiger partial charge in [0, 0.05) is 12.0 Å². The molecular formula is C22H22N2O6. The number of carbonyl (C=O) groups is 3. The average Bonchev–Trinajstić information content (AvgIpc) is 2.97. The Kier molecular flexibility index (Phi) is 5.31. The summed E-state index contributed by atoms with van der Waals surface area (Å²) in [5, 5.41) is 2.75. The quantitative estimate of drug-likeness (QED) is 0.446. The van der Waals surface area contributed by atoms with Gasteiger partial charge in [0.25, 0.3) is 5.91 Å². The molecule has 1 atom stereocenters. The van der Waals surface area contributed by atoms with Gasteiger partial charge < -0.3 is 19.5 Å². The molecule has 0 saturated carbocycles. The molecule has 2 aromatic rings. The normalized spacial score (nSPS) is 19.8. The van der Waals surface area contributed by atoms with Crippen molar-refractivity contribution in [3.8, 4) is 11.5 Å². The van der Waals surface area contributed by atoms with Gasteiger partial charge in [0.2, 0.25) is 0 Å². The number of urea groups is 1. The summed E-state index contributed by atoms with van der Waals surface area (Å²) in [6, 6.07) is 14.0. The van der Waals surface area contributed by atoms with Crippen molar-refractivity contribution in [3.05, 3.63) is 59.7 Å². The summed E-state index contributed by atoms with van der Waals surface area (Å²) >= 11 is 0. The molecule has 156 valence electrons. The number of benzene rings is 2. The molecular weight excluding hydrogens is 388 g/mol. The highest BCUT2D eigenvalue weighted by atomic mass is 16.6. The van der Waals surface area contributed by atoms with E-state index in [1.54, 1.807) is 24.3 Å². The predicted octanol–water partition coefficient (Wildman–Crippen LogP) is 2.15. The third kappa shape index (κ3) is 3.56. The molecule has 0 radical (unpaired) electrons. The van der Waals surface area contributed by atoms with Crippen molar-refractivity contribution in [1.29, 1.82) is 0 Å². The summed E-state index contributed by atoms with van der Waals surface area (Å²) in [5.74, 6) is 0.110. The van der Waals surface area contributed by atoms with Crippen LogP contribution in [-0.2, 0) is 19.9 Å². The highest BCUT2D eigenvalue weighted by molar-refractivity contribution is 6.09. The predicted molar refractivity (Wildman–Crippen MR) is 106 cm³/mol. The van der Waals surface area contributed by atoms with E-state index in [0.29, 0.717) is 23.5 Å². The van der Waals surface area contributed by atoms with Gasteiger partial charge in [0.05, 0.1) is 6.61 Å². The summed E-state index contributed by atoms with van der Waals surface area (Å²) < 4.78 is 16.3. The van der Waals surface area contributed by atoms with Crippen molar-refractivity contribution in [1.82, 2.24) is 10.2 Å². The molecule has 0 unspecified atom stereocenters. The van der Waals surface area contributed by atoms with Crippen LogP contribution in [0.2, 0.25) is 0 Å². The van der Waals surface area contributed by atoms with E-state index in [4.69, 9.17) is 14.2 Å². The fraction of sp³-hybridized carbons (Fsp3) is 0.318. The number of fused-ring (bicyclic) bond motifs is 2. The maximum Gasteiger partial charge on any atom is 0.326 e. The summed E-state index contributed by atoms with van der Waals surface area (Å²) in [7, 11) is 0. The molecule has 1 fully saturated rings. The smallest absolute Gasteiger partial charge is 0.326 e. The van der Waals surface area contributed by atoms with Crippen molar-refractivity contribution in [3.63, 3.8) is 0 Å². The van der Waals surface area contributed by atoms with Crippen LogP contribution in [0.25, 0.3) is 0 Å². The number of amides is 3. The van der Waals surface area contributed by atoms with Gasteiger partial charge in [-0.15, -0.1) is 0 Å². The van der Waals surface area contributed by atoms with Crippen LogP contribution in [0, 0.1) is 6.92 Å². The Labute approximate surface area is 173 Å². The number of carbonyl (C=O) groups excluding carboxylic acids is 3. The van der Waals surface area contributed by atoms with Gasteiger partial charge in [0.1, 0.15) is 31.3 Å². The monoisotopic (exact) mass is 410 g/mol. The maximum absolute atomic E-state index is 13.1. The van der Waals surface area contributed by atoms with E-state index < -0.39 is 30.0 Å². The first kappa shape index (κ1) is 19.8. The molecule has 2 aliphatic heterocycles. The number of hydrogen-bond acceptors (Lipinski definition) is 6. The molecule has 3 amide bonds. The SMILES string of the molecule is Cc1ccccc1OCCOC(=O)CN1C(=O)N[C@]2(CCOc3ccccc32)C1=O. The lowest BCUT2D eigenvalue weighted by Gasteiger charge is -2.33. The molecule has 2 aliphatic rings. The Balaban J connectivity index is 1.35. The lowest BCUT2D eigenvalue weighted by molar-refractivity contribution is -0.148. The molecule has 30 heavy (non-hydrogen) atoms. The molecule has 8 nitrogen and oxygen atoms in total. The van der Waals surface area contributed by atoms with Gasteiger partial charge in [-0.2, -0.15) is 0 Å². The molecule has 2 aromatic carbocycles. The van der Waals surface area contributed by atoms with Gasteiger partial charge >= 0.3 is 12.0 Å². The van der Waals surface area contributed by atoms with Gasteiger partial charge in [-0.05, 0) is 24.6 Å². The number of imide groups is 1. The number of rotatable bonds is 6. The number of esters is 1. The summed E-state index contributed by atoms with van der Waals surface area (Å²) in [4.78, 5) is 38.7. The fourth-order valence-corrected chi connectivity index (χ4v) is 3.72. The third-order valence-electron chi connectivity index (χ3n) is 5.24. The Bertz CT molecular complexity index is 991. The molecule has 1 N–H and O–H groups in total. The van der Waals surface area contributed by atoms with E-state index in [2.05, 4.69) is 5.32 Å². The van der Waals surface area contributed by atoms with E-state index in [1.165, 1.54) is 0 Å². The topological polar surface area (TPSA) is 94.2 Å². The summed E-state index contributed by atoms with van der Waals surface area (Å²) in [6.45, 7) is 1.94. The first-order valence-electron chi connectivity index (χ1n) is 9.72. The molecule has 0 bridgehead atoms. The molecule has 0 aromatic heterocycles. The van der Waals surface area contributed by atoms with Crippen molar-refractivity contribution >= 4 is 17.9 Å². The second kappa shape index (κ2) is 8.06. The number of nitrogens with zero attached hydrogens (tertiary/aromatic N) is 1. The number of nitrogens with one attached hydrogen (secondary N) is 1. The Morgan fingerprint density at radius 1 is 1.13 bits per heavy atom. The first-order chi connectivity index (χ1) is 14.5. The Morgan fingerprint density at radius 2 is 1.90 bits per heavy atom. The minimum atomic E-state index is -1.21. The van der Waals surface area contributed by atoms with Crippen LogP contribution in [0.5, 0.6) is 11.5 Å². The van der Waals surface area contributed by atoms with Crippen LogP contribution >= 0.6 is 0 Å². The zero-order valence-electron chi connectivity index (χ0n) is 16.6. The largest absolute Gasteiger partial charge is 0.493 e. The molecule has 1 spiro atoms. The van der Waals surface area contributed by atoms with E-state index >= 15 is 0 Å². The Hall–Kier alpha value is -3.55. The molecule has 0 aliphatic carbocycles. The fourth-order valence-electron chi connectivity index (χ4n) is 3.72. The van der Waals surface area contributed by atoms with Crippen molar-refractivity contribution in [2.45, 2.75) is 18.9 Å². The first-order valence-corrected chi connectivity index (χ1v) is 9.72. The molecule has 8 heteroatoms. The zero-order chi connectivity index (χ0) is 21.1. The highest BCUT2D eigenvalue weighted by Crippen LogP contribution is 2.40. The van der Waals surface area contributed by atoms with Crippen molar-refractivity contribution in [2.24, 2.45) is 0 Å². The van der Waals surface area contributed by atoms with Crippen LogP contribution in [0.3, 0.4) is 0 Å². The number of ether oxygens (including phenoxy) is 3. The zero-order valence-corrected chi connectivity index (χ0v) is 16.6. The highest BCUT2D eigenvalue weighted by Gasteiger charge is 2.55. The molecule has 1 saturated heterocycles. The van der Waals surface area contributed by atoms with Gasteiger partial charge in [0.15, 0.2) is 5.54 Å². The standard InChI is InChI=1S/C22H22N2O6/c1-15-6-2-4-8-17(15)29-12-13-30-19(25)14-24-20(26)22(23-21(24)27)10-11-28-18-9-5-3-7-16(18)22/h2-9H,10-14H2,1H3,(H,23,27)/t22-/m0/s1. The van der Waals surface area contributed by atoms with Crippen molar-refractivity contribution < 1.29 is 28.6 Å². The summed E-state index contributed by atoms with van der Waals surface area (Å²) in [6.07, 6.45) is 0.296. The van der Waals surface area contributed by atoms with E-state index in [-0.39, 0.29) is 19.8 Å².